The number of nitrogens with zero attached hydrogens (tertiary/aromatic N) is 1. The molecule has 0 radical (unpaired) electrons. The van der Waals surface area contributed by atoms with Crippen LogP contribution in [0.3, 0.4) is 0 Å². The second kappa shape index (κ2) is 7.31. The van der Waals surface area contributed by atoms with Gasteiger partial charge in [0.25, 0.3) is 17.7 Å². The van der Waals surface area contributed by atoms with Crippen molar-refractivity contribution in [1.29, 1.82) is 0 Å². The van der Waals surface area contributed by atoms with Crippen LogP contribution < -0.4 is 10.2 Å². The van der Waals surface area contributed by atoms with Gasteiger partial charge in [-0.1, -0.05) is 30.3 Å². The Morgan fingerprint density at radius 2 is 1.69 bits per heavy atom. The first-order chi connectivity index (χ1) is 14.0. The quantitative estimate of drug-likeness (QED) is 0.690. The number of carbonyl (C=O) groups excluding carboxylic acids is 3. The molecule has 1 N–H and O–H groups in total. The third kappa shape index (κ3) is 3.40. The van der Waals surface area contributed by atoms with Gasteiger partial charge in [-0.05, 0) is 54.4 Å². The van der Waals surface area contributed by atoms with E-state index in [4.69, 9.17) is 0 Å². The largest absolute Gasteiger partial charge is 0.348 e. The Morgan fingerprint density at radius 1 is 0.931 bits per heavy atom. The van der Waals surface area contributed by atoms with Crippen molar-refractivity contribution >= 4 is 23.4 Å². The zero-order valence-electron chi connectivity index (χ0n) is 15.6. The molecule has 1 aliphatic rings. The van der Waals surface area contributed by atoms with Crippen molar-refractivity contribution in [2.75, 3.05) is 4.90 Å². The summed E-state index contributed by atoms with van der Waals surface area (Å²) in [5, 5.41) is 2.70. The molecule has 144 valence electrons. The lowest BCUT2D eigenvalue weighted by Crippen LogP contribution is -2.30. The van der Waals surface area contributed by atoms with E-state index in [1.165, 1.54) is 30.3 Å². The van der Waals surface area contributed by atoms with Gasteiger partial charge in [-0.15, -0.1) is 0 Å². The molecule has 0 bridgehead atoms. The number of halogens is 1. The molecule has 3 aromatic carbocycles. The van der Waals surface area contributed by atoms with E-state index >= 15 is 0 Å². The first kappa shape index (κ1) is 18.6. The monoisotopic (exact) mass is 388 g/mol. The molecule has 4 rings (SSSR count). The van der Waals surface area contributed by atoms with E-state index in [-0.39, 0.29) is 29.1 Å². The van der Waals surface area contributed by atoms with Crippen LogP contribution >= 0.6 is 0 Å². The summed E-state index contributed by atoms with van der Waals surface area (Å²) in [6.45, 7) is 1.97. The van der Waals surface area contributed by atoms with E-state index < -0.39 is 17.7 Å². The molecule has 6 heteroatoms. The third-order valence-electron chi connectivity index (χ3n) is 4.85. The SMILES string of the molecule is Cc1ccccc1N1C(=O)c2ccc(C(=O)NCc3cccc(F)c3)cc2C1=O. The predicted molar refractivity (Wildman–Crippen MR) is 106 cm³/mol. The molecule has 0 aliphatic carbocycles. The lowest BCUT2D eigenvalue weighted by molar-refractivity contribution is 0.0923. The highest BCUT2D eigenvalue weighted by Crippen LogP contribution is 2.31. The van der Waals surface area contributed by atoms with Crippen LogP contribution in [0.25, 0.3) is 0 Å². The molecule has 0 unspecified atom stereocenters. The van der Waals surface area contributed by atoms with Crippen molar-refractivity contribution in [1.82, 2.24) is 5.32 Å². The van der Waals surface area contributed by atoms with E-state index in [9.17, 15) is 18.8 Å². The van der Waals surface area contributed by atoms with Crippen molar-refractivity contribution < 1.29 is 18.8 Å². The Morgan fingerprint density at radius 3 is 2.45 bits per heavy atom. The topological polar surface area (TPSA) is 66.5 Å². The Hall–Kier alpha value is -3.80. The molecule has 5 nitrogen and oxygen atoms in total. The number of benzene rings is 3. The van der Waals surface area contributed by atoms with Crippen molar-refractivity contribution in [2.24, 2.45) is 0 Å². The zero-order chi connectivity index (χ0) is 20.5. The van der Waals surface area contributed by atoms with Crippen molar-refractivity contribution in [3.05, 3.63) is 100 Å². The molecule has 0 saturated heterocycles. The van der Waals surface area contributed by atoms with Crippen LogP contribution in [0.5, 0.6) is 0 Å². The fraction of sp³-hybridized carbons (Fsp3) is 0.0870. The second-order valence-corrected chi connectivity index (χ2v) is 6.81. The van der Waals surface area contributed by atoms with E-state index in [1.54, 1.807) is 24.3 Å². The summed E-state index contributed by atoms with van der Waals surface area (Å²) in [5.41, 5.74) is 2.66. The van der Waals surface area contributed by atoms with Gasteiger partial charge in [0.2, 0.25) is 0 Å². The molecule has 0 fully saturated rings. The summed E-state index contributed by atoms with van der Waals surface area (Å²) in [7, 11) is 0. The van der Waals surface area contributed by atoms with Gasteiger partial charge in [0.15, 0.2) is 0 Å². The Bertz CT molecular complexity index is 1160. The summed E-state index contributed by atoms with van der Waals surface area (Å²) in [6, 6.07) is 17.5. The molecule has 3 amide bonds. The van der Waals surface area contributed by atoms with E-state index in [0.717, 1.165) is 10.5 Å². The zero-order valence-corrected chi connectivity index (χ0v) is 15.6. The van der Waals surface area contributed by atoms with Gasteiger partial charge >= 0.3 is 0 Å². The van der Waals surface area contributed by atoms with Crippen molar-refractivity contribution in [2.45, 2.75) is 13.5 Å². The van der Waals surface area contributed by atoms with Crippen molar-refractivity contribution in [3.8, 4) is 0 Å². The van der Waals surface area contributed by atoms with Crippen LogP contribution in [-0.2, 0) is 6.54 Å². The minimum Gasteiger partial charge on any atom is -0.348 e. The average Bonchev–Trinajstić information content (AvgIpc) is 2.96. The van der Waals surface area contributed by atoms with Crippen molar-refractivity contribution in [3.63, 3.8) is 0 Å². The number of carbonyl (C=O) groups is 3. The minimum atomic E-state index is -0.459. The number of amides is 3. The van der Waals surface area contributed by atoms with Gasteiger partial charge in [0.05, 0.1) is 16.8 Å². The summed E-state index contributed by atoms with van der Waals surface area (Å²) in [6.07, 6.45) is 0. The number of para-hydroxylation sites is 1. The maximum Gasteiger partial charge on any atom is 0.266 e. The maximum atomic E-state index is 13.3. The highest BCUT2D eigenvalue weighted by molar-refractivity contribution is 6.35. The van der Waals surface area contributed by atoms with E-state index in [1.807, 2.05) is 19.1 Å². The fourth-order valence-corrected chi connectivity index (χ4v) is 3.35. The van der Waals surface area contributed by atoms with Gasteiger partial charge in [0, 0.05) is 12.1 Å². The lowest BCUT2D eigenvalue weighted by Gasteiger charge is -2.16. The van der Waals surface area contributed by atoms with Gasteiger partial charge in [-0.2, -0.15) is 0 Å². The molecule has 0 spiro atoms. The van der Waals surface area contributed by atoms with Crippen LogP contribution in [0.15, 0.2) is 66.7 Å². The summed E-state index contributed by atoms with van der Waals surface area (Å²) < 4.78 is 13.3. The highest BCUT2D eigenvalue weighted by atomic mass is 19.1. The van der Waals surface area contributed by atoms with Crippen LogP contribution in [-0.4, -0.2) is 17.7 Å². The van der Waals surface area contributed by atoms with E-state index in [2.05, 4.69) is 5.32 Å². The predicted octanol–water partition coefficient (Wildman–Crippen LogP) is 3.86. The normalized spacial score (nSPS) is 12.8. The number of nitrogens with one attached hydrogen (secondary N) is 1. The Balaban J connectivity index is 1.57. The van der Waals surface area contributed by atoms with Crippen LogP contribution in [0.2, 0.25) is 0 Å². The smallest absolute Gasteiger partial charge is 0.266 e. The van der Waals surface area contributed by atoms with Crippen LogP contribution in [0.4, 0.5) is 10.1 Å². The minimum absolute atomic E-state index is 0.149. The Kier molecular flexibility index (Phi) is 4.68. The first-order valence-electron chi connectivity index (χ1n) is 9.07. The maximum absolute atomic E-state index is 13.3. The molecule has 1 heterocycles. The standard InChI is InChI=1S/C23H17FN2O3/c1-14-5-2-3-8-20(14)26-22(28)18-10-9-16(12-19(18)23(26)29)21(27)25-13-15-6-4-7-17(24)11-15/h2-12H,13H2,1H3,(H,25,27). The molecule has 0 saturated carbocycles. The molecule has 1 aliphatic heterocycles. The number of imide groups is 1. The molecule has 29 heavy (non-hydrogen) atoms. The number of anilines is 1. The Labute approximate surface area is 166 Å². The van der Waals surface area contributed by atoms with Gasteiger partial charge in [0.1, 0.15) is 5.82 Å². The van der Waals surface area contributed by atoms with Gasteiger partial charge in [-0.3, -0.25) is 14.4 Å². The molecular formula is C23H17FN2O3. The third-order valence-corrected chi connectivity index (χ3v) is 4.85. The van der Waals surface area contributed by atoms with Gasteiger partial charge < -0.3 is 5.32 Å². The van der Waals surface area contributed by atoms with Gasteiger partial charge in [-0.25, -0.2) is 9.29 Å². The first-order valence-corrected chi connectivity index (χ1v) is 9.07. The number of hydrogen-bond acceptors (Lipinski definition) is 3. The summed E-state index contributed by atoms with van der Waals surface area (Å²) in [4.78, 5) is 39.3. The molecule has 3 aromatic rings. The van der Waals surface area contributed by atoms with E-state index in [0.29, 0.717) is 11.3 Å². The number of hydrogen-bond donors (Lipinski definition) is 1. The molecule has 0 aromatic heterocycles. The second-order valence-electron chi connectivity index (χ2n) is 6.81. The van der Waals surface area contributed by atoms with Crippen LogP contribution in [0, 0.1) is 12.7 Å². The summed E-state index contributed by atoms with van der Waals surface area (Å²) >= 11 is 0. The summed E-state index contributed by atoms with van der Waals surface area (Å²) in [5.74, 6) is -1.66. The highest BCUT2D eigenvalue weighted by Gasteiger charge is 2.37. The fourth-order valence-electron chi connectivity index (χ4n) is 3.35. The van der Waals surface area contributed by atoms with Crippen LogP contribution in [0.1, 0.15) is 42.2 Å². The number of aryl methyl sites for hydroxylation is 1. The number of fused-ring (bicyclic) bond motifs is 1. The lowest BCUT2D eigenvalue weighted by atomic mass is 10.1. The number of rotatable bonds is 4. The average molecular weight is 388 g/mol. The molecule has 0 atom stereocenters. The molecular weight excluding hydrogens is 371 g/mol.